The molecule has 0 atom stereocenters. The summed E-state index contributed by atoms with van der Waals surface area (Å²) in [6, 6.07) is 14.3. The van der Waals surface area contributed by atoms with Gasteiger partial charge < -0.3 is 4.42 Å². The van der Waals surface area contributed by atoms with Crippen LogP contribution in [-0.4, -0.2) is 16.9 Å². The summed E-state index contributed by atoms with van der Waals surface area (Å²) in [6.45, 7) is 4.13. The van der Waals surface area contributed by atoms with Crippen molar-refractivity contribution in [3.8, 4) is 11.5 Å². The SMILES string of the molecule is CC(C)N=c1scc(-c2cc3ccccc3o2)n1N=Cc1cccs1. The van der Waals surface area contributed by atoms with E-state index in [1.54, 1.807) is 22.7 Å². The first kappa shape index (κ1) is 16.1. The molecule has 4 aromatic rings. The Morgan fingerprint density at radius 2 is 2.00 bits per heavy atom. The summed E-state index contributed by atoms with van der Waals surface area (Å²) in [4.78, 5) is 6.65. The fraction of sp³-hybridized carbons (Fsp3) is 0.158. The molecule has 0 saturated carbocycles. The van der Waals surface area contributed by atoms with Crippen LogP contribution in [0.15, 0.2) is 67.7 Å². The number of hydrogen-bond acceptors (Lipinski definition) is 5. The highest BCUT2D eigenvalue weighted by Crippen LogP contribution is 2.28. The Labute approximate surface area is 153 Å². The van der Waals surface area contributed by atoms with Gasteiger partial charge in [-0.15, -0.1) is 22.7 Å². The van der Waals surface area contributed by atoms with E-state index >= 15 is 0 Å². The van der Waals surface area contributed by atoms with Crippen LogP contribution in [0.2, 0.25) is 0 Å². The van der Waals surface area contributed by atoms with Crippen molar-refractivity contribution in [2.45, 2.75) is 19.9 Å². The highest BCUT2D eigenvalue weighted by atomic mass is 32.1. The van der Waals surface area contributed by atoms with Crippen LogP contribution in [0.1, 0.15) is 18.7 Å². The third-order valence-corrected chi connectivity index (χ3v) is 5.21. The molecule has 0 unspecified atom stereocenters. The largest absolute Gasteiger partial charge is 0.454 e. The number of thiophene rings is 1. The molecule has 25 heavy (non-hydrogen) atoms. The van der Waals surface area contributed by atoms with Crippen molar-refractivity contribution in [2.24, 2.45) is 10.1 Å². The van der Waals surface area contributed by atoms with Crippen LogP contribution in [-0.2, 0) is 0 Å². The van der Waals surface area contributed by atoms with Gasteiger partial charge in [0.25, 0.3) is 0 Å². The lowest BCUT2D eigenvalue weighted by molar-refractivity contribution is 0.620. The molecule has 0 saturated heterocycles. The molecule has 3 heterocycles. The third kappa shape index (κ3) is 3.36. The highest BCUT2D eigenvalue weighted by Gasteiger charge is 2.12. The van der Waals surface area contributed by atoms with Gasteiger partial charge in [0.05, 0.1) is 6.21 Å². The molecule has 0 aliphatic carbocycles. The highest BCUT2D eigenvalue weighted by molar-refractivity contribution is 7.11. The van der Waals surface area contributed by atoms with E-state index in [1.165, 1.54) is 0 Å². The van der Waals surface area contributed by atoms with Crippen LogP contribution in [0.25, 0.3) is 22.4 Å². The number of hydrogen-bond donors (Lipinski definition) is 0. The first-order valence-electron chi connectivity index (χ1n) is 8.02. The van der Waals surface area contributed by atoms with E-state index in [2.05, 4.69) is 23.9 Å². The molecule has 0 amide bonds. The summed E-state index contributed by atoms with van der Waals surface area (Å²) in [5, 5.41) is 9.84. The van der Waals surface area contributed by atoms with Crippen molar-refractivity contribution in [1.82, 2.24) is 4.68 Å². The van der Waals surface area contributed by atoms with Crippen LogP contribution in [0.4, 0.5) is 0 Å². The minimum absolute atomic E-state index is 0.199. The maximum atomic E-state index is 6.02. The number of para-hydroxylation sites is 1. The molecule has 0 bridgehead atoms. The molecule has 3 aromatic heterocycles. The van der Waals surface area contributed by atoms with Gasteiger partial charge in [-0.2, -0.15) is 5.10 Å². The number of thiazole rings is 1. The summed E-state index contributed by atoms with van der Waals surface area (Å²) < 4.78 is 7.89. The Hall–Kier alpha value is -2.44. The third-order valence-electron chi connectivity index (χ3n) is 3.58. The van der Waals surface area contributed by atoms with E-state index in [9.17, 15) is 0 Å². The lowest BCUT2D eigenvalue weighted by Crippen LogP contribution is -2.14. The standard InChI is InChI=1S/C19H17N3OS2/c1-13(2)21-19-22(20-11-15-7-5-9-24-15)16(12-25-19)18-10-14-6-3-4-8-17(14)23-18/h3-13H,1-2H3. The molecule has 126 valence electrons. The maximum Gasteiger partial charge on any atom is 0.206 e. The number of rotatable bonds is 4. The van der Waals surface area contributed by atoms with Crippen molar-refractivity contribution in [1.29, 1.82) is 0 Å². The topological polar surface area (TPSA) is 42.8 Å². The van der Waals surface area contributed by atoms with Gasteiger partial charge in [-0.25, -0.2) is 4.68 Å². The molecule has 0 spiro atoms. The van der Waals surface area contributed by atoms with E-state index in [1.807, 2.05) is 64.1 Å². The van der Waals surface area contributed by atoms with Crippen LogP contribution in [0, 0.1) is 0 Å². The van der Waals surface area contributed by atoms with Crippen molar-refractivity contribution in [3.63, 3.8) is 0 Å². The smallest absolute Gasteiger partial charge is 0.206 e. The van der Waals surface area contributed by atoms with Gasteiger partial charge in [-0.1, -0.05) is 24.3 Å². The first-order chi connectivity index (χ1) is 12.2. The van der Waals surface area contributed by atoms with Crippen LogP contribution < -0.4 is 4.80 Å². The Morgan fingerprint density at radius 1 is 1.12 bits per heavy atom. The minimum Gasteiger partial charge on any atom is -0.454 e. The summed E-state index contributed by atoms with van der Waals surface area (Å²) in [7, 11) is 0. The number of aromatic nitrogens is 1. The quantitative estimate of drug-likeness (QED) is 0.456. The predicted octanol–water partition coefficient (Wildman–Crippen LogP) is 5.22. The summed E-state index contributed by atoms with van der Waals surface area (Å²) in [5.74, 6) is 0.797. The van der Waals surface area contributed by atoms with Crippen molar-refractivity contribution >= 4 is 39.9 Å². The number of furan rings is 1. The van der Waals surface area contributed by atoms with Crippen LogP contribution in [0.5, 0.6) is 0 Å². The van der Waals surface area contributed by atoms with E-state index < -0.39 is 0 Å². The van der Waals surface area contributed by atoms with Crippen molar-refractivity contribution < 1.29 is 4.42 Å². The van der Waals surface area contributed by atoms with Gasteiger partial charge in [0.2, 0.25) is 4.80 Å². The zero-order valence-corrected chi connectivity index (χ0v) is 15.6. The van der Waals surface area contributed by atoms with Gasteiger partial charge in [0, 0.05) is 21.7 Å². The second-order valence-corrected chi connectivity index (χ2v) is 7.66. The molecule has 0 radical (unpaired) electrons. The molecule has 4 rings (SSSR count). The Bertz CT molecular complexity index is 1050. The van der Waals surface area contributed by atoms with Crippen molar-refractivity contribution in [3.05, 3.63) is 62.9 Å². The van der Waals surface area contributed by atoms with Gasteiger partial charge in [0.1, 0.15) is 11.3 Å². The zero-order valence-electron chi connectivity index (χ0n) is 13.9. The summed E-state index contributed by atoms with van der Waals surface area (Å²) in [5.41, 5.74) is 1.79. The molecule has 1 aromatic carbocycles. The Kier molecular flexibility index (Phi) is 4.38. The van der Waals surface area contributed by atoms with E-state index in [4.69, 9.17) is 4.42 Å². The predicted molar refractivity (Wildman–Crippen MR) is 106 cm³/mol. The van der Waals surface area contributed by atoms with Gasteiger partial charge >= 0.3 is 0 Å². The van der Waals surface area contributed by atoms with Gasteiger partial charge in [0.15, 0.2) is 5.76 Å². The second-order valence-electron chi connectivity index (χ2n) is 5.85. The average molecular weight is 367 g/mol. The molecule has 6 heteroatoms. The molecule has 0 fully saturated rings. The second kappa shape index (κ2) is 6.82. The van der Waals surface area contributed by atoms with Gasteiger partial charge in [-0.05, 0) is 37.4 Å². The zero-order chi connectivity index (χ0) is 17.2. The van der Waals surface area contributed by atoms with E-state index in [0.717, 1.165) is 32.1 Å². The number of nitrogens with zero attached hydrogens (tertiary/aromatic N) is 3. The maximum absolute atomic E-state index is 6.02. The first-order valence-corrected chi connectivity index (χ1v) is 9.78. The van der Waals surface area contributed by atoms with E-state index in [-0.39, 0.29) is 6.04 Å². The molecule has 0 aliphatic heterocycles. The molecule has 0 aliphatic rings. The molecule has 4 nitrogen and oxygen atoms in total. The number of benzene rings is 1. The average Bonchev–Trinajstić information content (AvgIpc) is 3.31. The summed E-state index contributed by atoms with van der Waals surface area (Å²) >= 11 is 3.23. The lowest BCUT2D eigenvalue weighted by Gasteiger charge is -2.01. The summed E-state index contributed by atoms with van der Waals surface area (Å²) in [6.07, 6.45) is 1.86. The number of fused-ring (bicyclic) bond motifs is 1. The molecular formula is C19H17N3OS2. The van der Waals surface area contributed by atoms with E-state index in [0.29, 0.717) is 0 Å². The molecule has 0 N–H and O–H groups in total. The fourth-order valence-electron chi connectivity index (χ4n) is 2.48. The Morgan fingerprint density at radius 3 is 2.76 bits per heavy atom. The minimum atomic E-state index is 0.199. The monoisotopic (exact) mass is 367 g/mol. The molecular weight excluding hydrogens is 350 g/mol. The van der Waals surface area contributed by atoms with Crippen LogP contribution >= 0.6 is 22.7 Å². The normalized spacial score (nSPS) is 12.8. The fourth-order valence-corrected chi connectivity index (χ4v) is 4.01. The van der Waals surface area contributed by atoms with Crippen molar-refractivity contribution in [2.75, 3.05) is 0 Å². The van der Waals surface area contributed by atoms with Gasteiger partial charge in [-0.3, -0.25) is 4.99 Å². The lowest BCUT2D eigenvalue weighted by atomic mass is 10.2. The van der Waals surface area contributed by atoms with Crippen LogP contribution in [0.3, 0.4) is 0 Å². The Balaban J connectivity index is 1.85.